The normalized spacial score (nSPS) is 20.8. The maximum atomic E-state index is 13.1. The van der Waals surface area contributed by atoms with Crippen LogP contribution in [0.15, 0.2) is 24.3 Å². The van der Waals surface area contributed by atoms with Gasteiger partial charge >= 0.3 is 0 Å². The minimum atomic E-state index is -1.61. The van der Waals surface area contributed by atoms with Crippen LogP contribution in [0.2, 0.25) is 0 Å². The van der Waals surface area contributed by atoms with Gasteiger partial charge in [-0.2, -0.15) is 0 Å². The molecule has 63 heavy (non-hydrogen) atoms. The molecule has 1 heterocycles. The van der Waals surface area contributed by atoms with Gasteiger partial charge in [-0.15, -0.1) is 0 Å². The molecule has 0 aromatic rings. The molecule has 1 saturated heterocycles. The number of nitrogens with one attached hydrogen (secondary N) is 1. The molecule has 372 valence electrons. The molecule has 0 aromatic carbocycles. The van der Waals surface area contributed by atoms with E-state index in [0.717, 1.165) is 38.5 Å². The van der Waals surface area contributed by atoms with Crippen molar-refractivity contribution in [3.05, 3.63) is 24.3 Å². The second kappa shape index (κ2) is 43.2. The molecule has 0 aliphatic carbocycles. The molecule has 0 bridgehead atoms. The van der Waals surface area contributed by atoms with E-state index < -0.39 is 61.5 Å². The van der Waals surface area contributed by atoms with Gasteiger partial charge in [-0.3, -0.25) is 4.79 Å². The van der Waals surface area contributed by atoms with E-state index in [1.165, 1.54) is 180 Å². The summed E-state index contributed by atoms with van der Waals surface area (Å²) in [6.07, 6.45) is 42.9. The number of aliphatic hydroxyl groups excluding tert-OH is 6. The van der Waals surface area contributed by atoms with Crippen LogP contribution < -0.4 is 5.32 Å². The zero-order valence-corrected chi connectivity index (χ0v) is 40.7. The summed E-state index contributed by atoms with van der Waals surface area (Å²) in [5.41, 5.74) is 0. The molecule has 1 fully saturated rings. The Morgan fingerprint density at radius 2 is 0.937 bits per heavy atom. The van der Waals surface area contributed by atoms with Crippen molar-refractivity contribution in [2.45, 2.75) is 294 Å². The van der Waals surface area contributed by atoms with Crippen LogP contribution in [-0.4, -0.2) is 98.7 Å². The van der Waals surface area contributed by atoms with Crippen LogP contribution in [0.25, 0.3) is 0 Å². The van der Waals surface area contributed by atoms with E-state index in [2.05, 4.69) is 31.3 Å². The number of allylic oxidation sites excluding steroid dienone is 3. The Morgan fingerprint density at radius 3 is 1.38 bits per heavy atom. The Labute approximate surface area is 386 Å². The lowest BCUT2D eigenvalue weighted by molar-refractivity contribution is -0.302. The number of carbonyl (C=O) groups is 1. The third kappa shape index (κ3) is 32.9. The summed E-state index contributed by atoms with van der Waals surface area (Å²) in [7, 11) is 0. The zero-order chi connectivity index (χ0) is 46.0. The summed E-state index contributed by atoms with van der Waals surface area (Å²) < 4.78 is 11.1. The van der Waals surface area contributed by atoms with Gasteiger partial charge in [-0.05, 0) is 32.1 Å². The van der Waals surface area contributed by atoms with Gasteiger partial charge in [0, 0.05) is 0 Å². The van der Waals surface area contributed by atoms with Crippen LogP contribution in [-0.2, 0) is 14.3 Å². The maximum absolute atomic E-state index is 13.1. The van der Waals surface area contributed by atoms with Crippen molar-refractivity contribution < 1.29 is 44.9 Å². The van der Waals surface area contributed by atoms with E-state index in [9.17, 15) is 35.4 Å². The zero-order valence-electron chi connectivity index (χ0n) is 40.7. The molecule has 0 spiro atoms. The van der Waals surface area contributed by atoms with Gasteiger partial charge in [0.15, 0.2) is 6.29 Å². The second-order valence-corrected chi connectivity index (χ2v) is 18.8. The highest BCUT2D eigenvalue weighted by Gasteiger charge is 2.44. The van der Waals surface area contributed by atoms with Crippen molar-refractivity contribution >= 4 is 5.91 Å². The Kier molecular flexibility index (Phi) is 40.9. The number of aliphatic hydroxyl groups is 6. The molecule has 0 radical (unpaired) electrons. The molecule has 7 N–H and O–H groups in total. The summed E-state index contributed by atoms with van der Waals surface area (Å²) in [6.45, 7) is 3.60. The molecule has 1 rings (SSSR count). The molecule has 8 atom stereocenters. The van der Waals surface area contributed by atoms with E-state index >= 15 is 0 Å². The van der Waals surface area contributed by atoms with Gasteiger partial charge < -0.3 is 45.4 Å². The van der Waals surface area contributed by atoms with Crippen LogP contribution in [0.4, 0.5) is 0 Å². The van der Waals surface area contributed by atoms with Crippen LogP contribution >= 0.6 is 0 Å². The first-order chi connectivity index (χ1) is 30.8. The van der Waals surface area contributed by atoms with Crippen molar-refractivity contribution in [2.24, 2.45) is 0 Å². The summed E-state index contributed by atoms with van der Waals surface area (Å²) in [5, 5.41) is 64.8. The lowest BCUT2D eigenvalue weighted by atomic mass is 9.99. The average molecular weight is 896 g/mol. The molecule has 1 aliphatic rings. The number of ether oxygens (including phenoxy) is 2. The second-order valence-electron chi connectivity index (χ2n) is 18.8. The van der Waals surface area contributed by atoms with Gasteiger partial charge in [0.2, 0.25) is 5.91 Å². The lowest BCUT2D eigenvalue weighted by Gasteiger charge is -2.40. The van der Waals surface area contributed by atoms with Gasteiger partial charge in [-0.1, -0.05) is 237 Å². The molecule has 1 aliphatic heterocycles. The predicted molar refractivity (Wildman–Crippen MR) is 260 cm³/mol. The number of hydrogen-bond donors (Lipinski definition) is 7. The predicted octanol–water partition coefficient (Wildman–Crippen LogP) is 11.2. The average Bonchev–Trinajstić information content (AvgIpc) is 3.28. The van der Waals surface area contributed by atoms with Crippen molar-refractivity contribution in [1.29, 1.82) is 0 Å². The summed E-state index contributed by atoms with van der Waals surface area (Å²) in [4.78, 5) is 13.1. The number of amides is 1. The number of unbranched alkanes of at least 4 members (excludes halogenated alkanes) is 32. The van der Waals surface area contributed by atoms with E-state index in [1.807, 2.05) is 6.08 Å². The maximum Gasteiger partial charge on any atom is 0.249 e. The molecule has 0 saturated carbocycles. The molecule has 8 unspecified atom stereocenters. The Balaban J connectivity index is 2.26. The minimum absolute atomic E-state index is 0.308. The Bertz CT molecular complexity index is 1060. The third-order valence-electron chi connectivity index (χ3n) is 12.9. The Hall–Kier alpha value is -1.37. The fraction of sp³-hybridized carbons (Fsp3) is 0.906. The summed E-state index contributed by atoms with van der Waals surface area (Å²) >= 11 is 0. The van der Waals surface area contributed by atoms with Gasteiger partial charge in [-0.25, -0.2) is 0 Å². The smallest absolute Gasteiger partial charge is 0.249 e. The van der Waals surface area contributed by atoms with Crippen molar-refractivity contribution in [2.75, 3.05) is 13.2 Å². The van der Waals surface area contributed by atoms with Crippen LogP contribution in [0.1, 0.15) is 245 Å². The van der Waals surface area contributed by atoms with Crippen molar-refractivity contribution in [3.63, 3.8) is 0 Å². The molecular weight excluding hydrogens is 795 g/mol. The van der Waals surface area contributed by atoms with Crippen LogP contribution in [0.3, 0.4) is 0 Å². The van der Waals surface area contributed by atoms with E-state index in [4.69, 9.17) is 9.47 Å². The quantitative estimate of drug-likeness (QED) is 0.0232. The molecule has 1 amide bonds. The standard InChI is InChI=1S/C53H101NO9/c1-3-5-7-9-11-13-15-17-18-19-20-21-22-23-24-25-26-27-28-30-32-34-36-38-40-42-47(57)52(61)54-45(44-62-53-51(60)50(59)49(58)48(43-55)63-53)46(56)41-39-37-35-33-31-29-16-14-12-10-8-6-4-2/h31,33,39,41,45-51,53,55-60H,3-30,32,34-38,40,42-44H2,1-2H3,(H,54,61)/b33-31+,41-39+. The number of hydrogen-bond acceptors (Lipinski definition) is 9. The monoisotopic (exact) mass is 896 g/mol. The first kappa shape index (κ1) is 59.6. The van der Waals surface area contributed by atoms with Gasteiger partial charge in [0.1, 0.15) is 30.5 Å². The Morgan fingerprint density at radius 1 is 0.540 bits per heavy atom. The largest absolute Gasteiger partial charge is 0.394 e. The molecule has 0 aromatic heterocycles. The van der Waals surface area contributed by atoms with Crippen molar-refractivity contribution in [1.82, 2.24) is 5.32 Å². The minimum Gasteiger partial charge on any atom is -0.394 e. The van der Waals surface area contributed by atoms with Crippen LogP contribution in [0.5, 0.6) is 0 Å². The van der Waals surface area contributed by atoms with Gasteiger partial charge in [0.25, 0.3) is 0 Å². The summed E-state index contributed by atoms with van der Waals surface area (Å²) in [6, 6.07) is -0.993. The summed E-state index contributed by atoms with van der Waals surface area (Å²) in [5.74, 6) is -0.623. The SMILES string of the molecule is CCCCCCCCC/C=C/CC/C=C/C(O)C(COC1OC(CO)C(O)C(O)C1O)NC(=O)C(O)CCCCCCCCCCCCCCCCCCCCCCCCCCC. The molecule has 10 heteroatoms. The highest BCUT2D eigenvalue weighted by Crippen LogP contribution is 2.23. The topological polar surface area (TPSA) is 169 Å². The van der Waals surface area contributed by atoms with Gasteiger partial charge in [0.05, 0.1) is 25.4 Å². The van der Waals surface area contributed by atoms with Crippen LogP contribution in [0, 0.1) is 0 Å². The highest BCUT2D eigenvalue weighted by atomic mass is 16.7. The number of rotatable bonds is 45. The molecule has 10 nitrogen and oxygen atoms in total. The van der Waals surface area contributed by atoms with E-state index in [-0.39, 0.29) is 6.61 Å². The highest BCUT2D eigenvalue weighted by molar-refractivity contribution is 5.80. The first-order valence-electron chi connectivity index (χ1n) is 26.7. The molecular formula is C53H101NO9. The fourth-order valence-electron chi connectivity index (χ4n) is 8.53. The fourth-order valence-corrected chi connectivity index (χ4v) is 8.53. The van der Waals surface area contributed by atoms with E-state index in [0.29, 0.717) is 12.8 Å². The van der Waals surface area contributed by atoms with Crippen molar-refractivity contribution in [3.8, 4) is 0 Å². The lowest BCUT2D eigenvalue weighted by Crippen LogP contribution is -2.60. The number of carbonyl (C=O) groups excluding carboxylic acids is 1. The first-order valence-corrected chi connectivity index (χ1v) is 26.7. The van der Waals surface area contributed by atoms with E-state index in [1.54, 1.807) is 6.08 Å². The third-order valence-corrected chi connectivity index (χ3v) is 12.9.